The normalized spacial score (nSPS) is 25.4. The number of amides is 1. The van der Waals surface area contributed by atoms with E-state index < -0.39 is 23.8 Å². The minimum Gasteiger partial charge on any atom is -0.438 e. The van der Waals surface area contributed by atoms with Gasteiger partial charge in [0.05, 0.1) is 0 Å². The van der Waals surface area contributed by atoms with Crippen LogP contribution in [0.1, 0.15) is 38.4 Å². The molecule has 0 aliphatic carbocycles. The third-order valence-corrected chi connectivity index (χ3v) is 5.65. The maximum Gasteiger partial charge on any atom is 0.573 e. The number of rotatable bonds is 5. The Morgan fingerprint density at radius 1 is 1.32 bits per heavy atom. The zero-order valence-corrected chi connectivity index (χ0v) is 16.1. The zero-order chi connectivity index (χ0) is 20.9. The molecule has 2 atom stereocenters. The Hall–Kier alpha value is -2.42. The Morgan fingerprint density at radius 3 is 2.57 bits per heavy atom. The van der Waals surface area contributed by atoms with Gasteiger partial charge in [0.1, 0.15) is 5.75 Å². The van der Waals surface area contributed by atoms with E-state index in [1.165, 1.54) is 30.0 Å². The molecule has 0 spiro atoms. The number of cyclic esters (lactones) is 1. The first-order chi connectivity index (χ1) is 12.9. The SMILES string of the molecule is CC[C@]1(C)OC(=O)N(CCc2c(C)[nH]c3ccc(OC(F)(F)F)cc23)[C@@]1(C)O. The van der Waals surface area contributed by atoms with E-state index in [1.807, 2.05) is 6.92 Å². The number of aromatic nitrogens is 1. The topological polar surface area (TPSA) is 74.8 Å². The number of benzene rings is 1. The van der Waals surface area contributed by atoms with Crippen molar-refractivity contribution in [3.05, 3.63) is 29.5 Å². The summed E-state index contributed by atoms with van der Waals surface area (Å²) in [6.07, 6.45) is -4.63. The maximum atomic E-state index is 12.5. The number of nitrogens with one attached hydrogen (secondary N) is 1. The van der Waals surface area contributed by atoms with Crippen LogP contribution in [-0.2, 0) is 11.2 Å². The lowest BCUT2D eigenvalue weighted by Gasteiger charge is -2.36. The lowest BCUT2D eigenvalue weighted by Crippen LogP contribution is -2.55. The maximum absolute atomic E-state index is 12.5. The molecule has 1 amide bonds. The van der Waals surface area contributed by atoms with E-state index in [2.05, 4.69) is 9.72 Å². The van der Waals surface area contributed by atoms with Gasteiger partial charge in [0.25, 0.3) is 0 Å². The standard InChI is InChI=1S/C19H23F3N2O4/c1-5-17(3)18(4,26)24(16(25)28-17)9-8-13-11(2)23-15-7-6-12(10-14(13)15)27-19(20,21)22/h6-7,10,23,26H,5,8-9H2,1-4H3/t17-,18-/m0/s1. The summed E-state index contributed by atoms with van der Waals surface area (Å²) in [6.45, 7) is 6.97. The van der Waals surface area contributed by atoms with Crippen molar-refractivity contribution in [1.29, 1.82) is 0 Å². The highest BCUT2D eigenvalue weighted by Gasteiger charge is 2.58. The van der Waals surface area contributed by atoms with Crippen molar-refractivity contribution in [2.45, 2.75) is 58.2 Å². The largest absolute Gasteiger partial charge is 0.573 e. The Kier molecular flexibility index (Phi) is 4.77. The van der Waals surface area contributed by atoms with Crippen molar-refractivity contribution < 1.29 is 32.5 Å². The van der Waals surface area contributed by atoms with Gasteiger partial charge in [-0.1, -0.05) is 6.92 Å². The number of hydrogen-bond donors (Lipinski definition) is 2. The van der Waals surface area contributed by atoms with Gasteiger partial charge in [0, 0.05) is 23.1 Å². The molecule has 1 aromatic carbocycles. The molecule has 3 rings (SSSR count). The summed E-state index contributed by atoms with van der Waals surface area (Å²) in [5, 5.41) is 11.4. The molecule has 0 bridgehead atoms. The van der Waals surface area contributed by atoms with E-state index in [-0.39, 0.29) is 12.3 Å². The van der Waals surface area contributed by atoms with Crippen molar-refractivity contribution in [2.75, 3.05) is 6.54 Å². The Labute approximate surface area is 160 Å². The van der Waals surface area contributed by atoms with E-state index in [0.29, 0.717) is 23.7 Å². The summed E-state index contributed by atoms with van der Waals surface area (Å²) in [5.74, 6) is -0.314. The first kappa shape index (κ1) is 20.3. The minimum atomic E-state index is -4.78. The van der Waals surface area contributed by atoms with E-state index in [1.54, 1.807) is 13.8 Å². The van der Waals surface area contributed by atoms with Crippen LogP contribution in [0.15, 0.2) is 18.2 Å². The number of carbonyl (C=O) groups excluding carboxylic acids is 1. The van der Waals surface area contributed by atoms with Crippen LogP contribution in [0.25, 0.3) is 10.9 Å². The van der Waals surface area contributed by atoms with Crippen LogP contribution in [0.4, 0.5) is 18.0 Å². The fourth-order valence-electron chi connectivity index (χ4n) is 3.63. The van der Waals surface area contributed by atoms with Crippen LogP contribution in [0, 0.1) is 6.92 Å². The second-order valence-corrected chi connectivity index (χ2v) is 7.36. The van der Waals surface area contributed by atoms with Crippen LogP contribution in [0.2, 0.25) is 0 Å². The summed E-state index contributed by atoms with van der Waals surface area (Å²) < 4.78 is 46.9. The molecule has 28 heavy (non-hydrogen) atoms. The fraction of sp³-hybridized carbons (Fsp3) is 0.526. The van der Waals surface area contributed by atoms with Crippen molar-refractivity contribution in [2.24, 2.45) is 0 Å². The molecule has 2 N–H and O–H groups in total. The average Bonchev–Trinajstić information content (AvgIpc) is 2.96. The van der Waals surface area contributed by atoms with Gasteiger partial charge in [-0.05, 0) is 57.4 Å². The number of aliphatic hydroxyl groups is 1. The molecule has 2 heterocycles. The number of fused-ring (bicyclic) bond motifs is 1. The van der Waals surface area contributed by atoms with Crippen molar-refractivity contribution in [3.63, 3.8) is 0 Å². The van der Waals surface area contributed by atoms with Gasteiger partial charge in [0.2, 0.25) is 0 Å². The second kappa shape index (κ2) is 6.58. The highest BCUT2D eigenvalue weighted by atomic mass is 19.4. The molecule has 1 fully saturated rings. The Morgan fingerprint density at radius 2 is 2.00 bits per heavy atom. The molecular weight excluding hydrogens is 377 g/mol. The van der Waals surface area contributed by atoms with Gasteiger partial charge in [0.15, 0.2) is 11.3 Å². The quantitative estimate of drug-likeness (QED) is 0.787. The zero-order valence-electron chi connectivity index (χ0n) is 16.1. The van der Waals surface area contributed by atoms with E-state index >= 15 is 0 Å². The highest BCUT2D eigenvalue weighted by Crippen LogP contribution is 2.40. The first-order valence-corrected chi connectivity index (χ1v) is 8.98. The van der Waals surface area contributed by atoms with E-state index in [9.17, 15) is 23.1 Å². The number of aryl methyl sites for hydroxylation is 1. The molecule has 0 saturated carbocycles. The van der Waals surface area contributed by atoms with Crippen molar-refractivity contribution >= 4 is 17.0 Å². The van der Waals surface area contributed by atoms with E-state index in [0.717, 1.165) is 11.3 Å². The van der Waals surface area contributed by atoms with Crippen LogP contribution in [-0.4, -0.2) is 45.3 Å². The number of aromatic amines is 1. The Bertz CT molecular complexity index is 906. The summed E-state index contributed by atoms with van der Waals surface area (Å²) in [7, 11) is 0. The summed E-state index contributed by atoms with van der Waals surface area (Å²) >= 11 is 0. The predicted molar refractivity (Wildman–Crippen MR) is 95.9 cm³/mol. The average molecular weight is 400 g/mol. The molecule has 9 heteroatoms. The van der Waals surface area contributed by atoms with Gasteiger partial charge < -0.3 is 19.6 Å². The lowest BCUT2D eigenvalue weighted by molar-refractivity contribution is -0.274. The predicted octanol–water partition coefficient (Wildman–Crippen LogP) is 4.25. The molecular formula is C19H23F3N2O4. The molecule has 0 radical (unpaired) electrons. The summed E-state index contributed by atoms with van der Waals surface area (Å²) in [5.41, 5.74) is -0.353. The number of carbonyl (C=O) groups is 1. The highest BCUT2D eigenvalue weighted by molar-refractivity contribution is 5.86. The van der Waals surface area contributed by atoms with Gasteiger partial charge in [-0.25, -0.2) is 4.79 Å². The van der Waals surface area contributed by atoms with Crippen LogP contribution < -0.4 is 4.74 Å². The first-order valence-electron chi connectivity index (χ1n) is 8.98. The monoisotopic (exact) mass is 400 g/mol. The van der Waals surface area contributed by atoms with Crippen LogP contribution >= 0.6 is 0 Å². The van der Waals surface area contributed by atoms with Crippen molar-refractivity contribution in [1.82, 2.24) is 9.88 Å². The fourth-order valence-corrected chi connectivity index (χ4v) is 3.63. The van der Waals surface area contributed by atoms with Gasteiger partial charge >= 0.3 is 12.5 Å². The Balaban J connectivity index is 1.87. The lowest BCUT2D eigenvalue weighted by atomic mass is 9.90. The smallest absolute Gasteiger partial charge is 0.438 e. The summed E-state index contributed by atoms with van der Waals surface area (Å²) in [4.78, 5) is 16.6. The third-order valence-electron chi connectivity index (χ3n) is 5.65. The molecule has 1 aliphatic rings. The van der Waals surface area contributed by atoms with E-state index in [4.69, 9.17) is 4.74 Å². The molecule has 6 nitrogen and oxygen atoms in total. The van der Waals surface area contributed by atoms with Gasteiger partial charge in [-0.2, -0.15) is 0 Å². The number of hydrogen-bond acceptors (Lipinski definition) is 4. The number of H-pyrrole nitrogens is 1. The number of nitrogens with zero attached hydrogens (tertiary/aromatic N) is 1. The third kappa shape index (κ3) is 3.39. The summed E-state index contributed by atoms with van der Waals surface area (Å²) in [6, 6.07) is 4.07. The number of ether oxygens (including phenoxy) is 2. The molecule has 1 saturated heterocycles. The minimum absolute atomic E-state index is 0.152. The van der Waals surface area contributed by atoms with Gasteiger partial charge in [-0.15, -0.1) is 13.2 Å². The van der Waals surface area contributed by atoms with Crippen LogP contribution in [0.3, 0.4) is 0 Å². The van der Waals surface area contributed by atoms with Crippen molar-refractivity contribution in [3.8, 4) is 5.75 Å². The molecule has 0 unspecified atom stereocenters. The molecule has 1 aromatic heterocycles. The number of alkyl halides is 3. The molecule has 154 valence electrons. The molecule has 1 aliphatic heterocycles. The van der Waals surface area contributed by atoms with Gasteiger partial charge in [-0.3, -0.25) is 4.90 Å². The second-order valence-electron chi connectivity index (χ2n) is 7.36. The van der Waals surface area contributed by atoms with Crippen LogP contribution in [0.5, 0.6) is 5.75 Å². The molecule has 2 aromatic rings. The number of halogens is 3.